The molecule has 3 saturated heterocycles. The van der Waals surface area contributed by atoms with Crippen LogP contribution in [0.2, 0.25) is 0 Å². The van der Waals surface area contributed by atoms with Gasteiger partial charge in [0.25, 0.3) is 5.91 Å². The minimum absolute atomic E-state index is 0.273. The predicted octanol–water partition coefficient (Wildman–Crippen LogP) is 1.13. The van der Waals surface area contributed by atoms with Gasteiger partial charge in [0, 0.05) is 44.5 Å². The normalized spacial score (nSPS) is 24.7. The topological polar surface area (TPSA) is 102 Å². The number of hydrogen-bond acceptors (Lipinski definition) is 7. The van der Waals surface area contributed by atoms with Crippen molar-refractivity contribution in [3.63, 3.8) is 0 Å². The molecule has 3 aliphatic rings. The highest BCUT2D eigenvalue weighted by molar-refractivity contribution is 7.89. The van der Waals surface area contributed by atoms with Crippen LogP contribution in [0.4, 0.5) is 5.69 Å². The lowest BCUT2D eigenvalue weighted by atomic mass is 9.79. The molecule has 0 aromatic heterocycles. The largest absolute Gasteiger partial charge is 0.380 e. The summed E-state index contributed by atoms with van der Waals surface area (Å²) in [6, 6.07) is 6.64. The molecule has 1 atom stereocenters. The number of nitrogens with one attached hydrogen (secondary N) is 1. The second kappa shape index (κ2) is 9.87. The summed E-state index contributed by atoms with van der Waals surface area (Å²) in [5, 5.41) is 9.39. The molecule has 1 amide bonds. The lowest BCUT2D eigenvalue weighted by Gasteiger charge is -2.43. The molecule has 10 heteroatoms. The van der Waals surface area contributed by atoms with Crippen molar-refractivity contribution in [3.8, 4) is 0 Å². The summed E-state index contributed by atoms with van der Waals surface area (Å²) >= 11 is 0. The summed E-state index contributed by atoms with van der Waals surface area (Å²) in [4.78, 5) is 17.2. The van der Waals surface area contributed by atoms with E-state index in [1.54, 1.807) is 5.48 Å². The van der Waals surface area contributed by atoms with Crippen LogP contribution in [0.15, 0.2) is 18.2 Å². The van der Waals surface area contributed by atoms with Crippen LogP contribution in [0.3, 0.4) is 0 Å². The van der Waals surface area contributed by atoms with E-state index in [9.17, 15) is 18.4 Å². The van der Waals surface area contributed by atoms with Gasteiger partial charge in [-0.05, 0) is 57.8 Å². The summed E-state index contributed by atoms with van der Waals surface area (Å²) in [6.45, 7) is 8.80. The molecule has 9 nitrogen and oxygen atoms in total. The minimum Gasteiger partial charge on any atom is -0.380 e. The van der Waals surface area contributed by atoms with Crippen LogP contribution in [0.1, 0.15) is 30.4 Å². The molecule has 0 saturated carbocycles. The van der Waals surface area contributed by atoms with Crippen LogP contribution in [0.25, 0.3) is 0 Å². The van der Waals surface area contributed by atoms with Crippen molar-refractivity contribution in [2.45, 2.75) is 39.2 Å². The SMILES string of the molecule is Cc1ccc(N2CCN(S(=O)(=O)CC3(C(=O)NO)CCN([C@H]4CCOC4)CC3)CC2)c(C)c1. The molecule has 0 bridgehead atoms. The first-order chi connectivity index (χ1) is 15.7. The van der Waals surface area contributed by atoms with Crippen molar-refractivity contribution in [3.05, 3.63) is 29.3 Å². The maximum Gasteiger partial charge on any atom is 0.250 e. The third-order valence-electron chi connectivity index (χ3n) is 7.54. The van der Waals surface area contributed by atoms with Gasteiger partial charge in [0.2, 0.25) is 10.0 Å². The number of rotatable bonds is 6. The Hall–Kier alpha value is -1.72. The van der Waals surface area contributed by atoms with E-state index in [4.69, 9.17) is 4.74 Å². The average Bonchev–Trinajstić information content (AvgIpc) is 3.34. The fourth-order valence-corrected chi connectivity index (χ4v) is 7.51. The Morgan fingerprint density at radius 2 is 1.85 bits per heavy atom. The number of hydroxylamine groups is 1. The quantitative estimate of drug-likeness (QED) is 0.465. The highest BCUT2D eigenvalue weighted by Crippen LogP contribution is 2.36. The van der Waals surface area contributed by atoms with Gasteiger partial charge in [-0.15, -0.1) is 0 Å². The van der Waals surface area contributed by atoms with Gasteiger partial charge in [-0.1, -0.05) is 17.7 Å². The van der Waals surface area contributed by atoms with Crippen molar-refractivity contribution >= 4 is 21.6 Å². The van der Waals surface area contributed by atoms with Gasteiger partial charge in [0.15, 0.2) is 0 Å². The molecular weight excluding hydrogens is 444 g/mol. The minimum atomic E-state index is -3.66. The molecule has 0 spiro atoms. The van der Waals surface area contributed by atoms with Gasteiger partial charge < -0.3 is 9.64 Å². The van der Waals surface area contributed by atoms with E-state index in [1.165, 1.54) is 15.4 Å². The number of ether oxygens (including phenoxy) is 1. The van der Waals surface area contributed by atoms with Crippen LogP contribution < -0.4 is 10.4 Å². The van der Waals surface area contributed by atoms with Crippen LogP contribution >= 0.6 is 0 Å². The number of carbonyl (C=O) groups excluding carboxylic acids is 1. The Bertz CT molecular complexity index is 948. The van der Waals surface area contributed by atoms with Crippen LogP contribution in [0.5, 0.6) is 0 Å². The maximum atomic E-state index is 13.4. The van der Waals surface area contributed by atoms with Crippen molar-refractivity contribution in [2.75, 3.05) is 63.1 Å². The molecule has 1 aromatic rings. The summed E-state index contributed by atoms with van der Waals surface area (Å²) in [7, 11) is -3.66. The Kier molecular flexibility index (Phi) is 7.30. The highest BCUT2D eigenvalue weighted by Gasteiger charge is 2.47. The second-order valence-electron chi connectivity index (χ2n) is 9.71. The smallest absolute Gasteiger partial charge is 0.250 e. The summed E-state index contributed by atoms with van der Waals surface area (Å²) in [6.07, 6.45) is 1.76. The van der Waals surface area contributed by atoms with E-state index in [1.807, 2.05) is 0 Å². The number of carbonyl (C=O) groups is 1. The highest BCUT2D eigenvalue weighted by atomic mass is 32.2. The van der Waals surface area contributed by atoms with Gasteiger partial charge >= 0.3 is 0 Å². The van der Waals surface area contributed by atoms with Gasteiger partial charge in [-0.2, -0.15) is 4.31 Å². The number of piperidine rings is 1. The zero-order valence-corrected chi connectivity index (χ0v) is 20.4. The van der Waals surface area contributed by atoms with Gasteiger partial charge in [-0.3, -0.25) is 14.9 Å². The fraction of sp³-hybridized carbons (Fsp3) is 0.696. The number of nitrogens with zero attached hydrogens (tertiary/aromatic N) is 3. The molecule has 1 aromatic carbocycles. The van der Waals surface area contributed by atoms with Crippen molar-refractivity contribution in [1.82, 2.24) is 14.7 Å². The number of likely N-dealkylation sites (tertiary alicyclic amines) is 1. The maximum absolute atomic E-state index is 13.4. The van der Waals surface area contributed by atoms with Gasteiger partial charge in [-0.25, -0.2) is 13.9 Å². The molecule has 0 unspecified atom stereocenters. The van der Waals surface area contributed by atoms with E-state index in [0.29, 0.717) is 64.8 Å². The summed E-state index contributed by atoms with van der Waals surface area (Å²) < 4.78 is 33.8. The Morgan fingerprint density at radius 3 is 2.42 bits per heavy atom. The van der Waals surface area contributed by atoms with Crippen molar-refractivity contribution in [2.24, 2.45) is 5.41 Å². The second-order valence-corrected chi connectivity index (χ2v) is 11.7. The molecule has 184 valence electrons. The number of amides is 1. The van der Waals surface area contributed by atoms with E-state index >= 15 is 0 Å². The molecule has 4 rings (SSSR count). The fourth-order valence-electron chi connectivity index (χ4n) is 5.49. The van der Waals surface area contributed by atoms with Gasteiger partial charge in [0.1, 0.15) is 0 Å². The van der Waals surface area contributed by atoms with E-state index in [0.717, 1.165) is 18.7 Å². The Morgan fingerprint density at radius 1 is 1.15 bits per heavy atom. The lowest BCUT2D eigenvalue weighted by Crippen LogP contribution is -2.56. The first-order valence-corrected chi connectivity index (χ1v) is 13.4. The molecule has 33 heavy (non-hydrogen) atoms. The van der Waals surface area contributed by atoms with E-state index in [-0.39, 0.29) is 5.75 Å². The Labute approximate surface area is 196 Å². The molecule has 2 N–H and O–H groups in total. The van der Waals surface area contributed by atoms with Crippen molar-refractivity contribution in [1.29, 1.82) is 0 Å². The number of hydrogen-bond donors (Lipinski definition) is 2. The standard InChI is InChI=1S/C23H36N4O5S/c1-18-3-4-21(19(2)15-18)26-10-12-27(13-11-26)33(30,31)17-23(22(28)24-29)6-8-25(9-7-23)20-5-14-32-16-20/h3-4,15,20,29H,5-14,16-17H2,1-2H3,(H,24,28)/t20-/m0/s1. The van der Waals surface area contributed by atoms with Crippen LogP contribution in [-0.2, 0) is 19.6 Å². The number of anilines is 1. The monoisotopic (exact) mass is 480 g/mol. The summed E-state index contributed by atoms with van der Waals surface area (Å²) in [5.74, 6) is -0.868. The number of piperazine rings is 1. The molecular formula is C23H36N4O5S. The third kappa shape index (κ3) is 5.19. The molecule has 3 heterocycles. The number of sulfonamides is 1. The molecule has 0 aliphatic carbocycles. The zero-order valence-electron chi connectivity index (χ0n) is 19.6. The number of benzene rings is 1. The summed E-state index contributed by atoms with van der Waals surface area (Å²) in [5.41, 5.74) is 4.16. The van der Waals surface area contributed by atoms with Gasteiger partial charge in [0.05, 0.1) is 17.8 Å². The van der Waals surface area contributed by atoms with Crippen molar-refractivity contribution < 1.29 is 23.2 Å². The molecule has 3 fully saturated rings. The van der Waals surface area contributed by atoms with Crippen LogP contribution in [-0.4, -0.2) is 93.0 Å². The van der Waals surface area contributed by atoms with E-state index < -0.39 is 21.3 Å². The molecule has 3 aliphatic heterocycles. The van der Waals surface area contributed by atoms with E-state index in [2.05, 4.69) is 41.8 Å². The predicted molar refractivity (Wildman–Crippen MR) is 126 cm³/mol. The zero-order chi connectivity index (χ0) is 23.6. The first-order valence-electron chi connectivity index (χ1n) is 11.8. The average molecular weight is 481 g/mol. The Balaban J connectivity index is 1.41. The van der Waals surface area contributed by atoms with Crippen LogP contribution in [0, 0.1) is 19.3 Å². The molecule has 0 radical (unpaired) electrons. The number of aryl methyl sites for hydroxylation is 2. The lowest BCUT2D eigenvalue weighted by molar-refractivity contribution is -0.141. The first kappa shape index (κ1) is 24.4. The third-order valence-corrected chi connectivity index (χ3v) is 9.61.